The molecule has 0 aliphatic heterocycles. The van der Waals surface area contributed by atoms with Crippen LogP contribution in [0.2, 0.25) is 5.02 Å². The average Bonchev–Trinajstić information content (AvgIpc) is 2.56. The molecule has 2 amide bonds. The van der Waals surface area contributed by atoms with Crippen LogP contribution >= 0.6 is 11.6 Å². The molecule has 0 radical (unpaired) electrons. The molecule has 0 bridgehead atoms. The van der Waals surface area contributed by atoms with Crippen LogP contribution in [0.1, 0.15) is 11.1 Å². The Kier molecular flexibility index (Phi) is 6.21. The number of halogens is 1. The zero-order chi connectivity index (χ0) is 17.5. The summed E-state index contributed by atoms with van der Waals surface area (Å²) in [6.07, 6.45) is 0. The quantitative estimate of drug-likeness (QED) is 0.844. The first-order chi connectivity index (χ1) is 11.4. The zero-order valence-corrected chi connectivity index (χ0v) is 14.3. The first-order valence-electron chi connectivity index (χ1n) is 7.46. The number of hydrogen-bond donors (Lipinski definition) is 2. The largest absolute Gasteiger partial charge is 0.484 e. The van der Waals surface area contributed by atoms with Crippen molar-refractivity contribution in [2.75, 3.05) is 18.5 Å². The molecular weight excluding hydrogens is 328 g/mol. The Morgan fingerprint density at radius 2 is 1.75 bits per heavy atom. The van der Waals surface area contributed by atoms with Crippen LogP contribution in [-0.4, -0.2) is 25.0 Å². The Bertz CT molecular complexity index is 730. The van der Waals surface area contributed by atoms with Crippen molar-refractivity contribution in [3.05, 3.63) is 58.6 Å². The fraction of sp³-hybridized carbons (Fsp3) is 0.222. The highest BCUT2D eigenvalue weighted by Crippen LogP contribution is 2.16. The number of rotatable bonds is 6. The van der Waals surface area contributed by atoms with E-state index in [-0.39, 0.29) is 25.0 Å². The van der Waals surface area contributed by atoms with Crippen molar-refractivity contribution in [2.24, 2.45) is 0 Å². The number of anilines is 1. The van der Waals surface area contributed by atoms with Gasteiger partial charge in [0.15, 0.2) is 6.61 Å². The first kappa shape index (κ1) is 17.8. The molecule has 0 aliphatic rings. The molecule has 126 valence electrons. The molecule has 0 fully saturated rings. The topological polar surface area (TPSA) is 67.4 Å². The van der Waals surface area contributed by atoms with E-state index >= 15 is 0 Å². The van der Waals surface area contributed by atoms with Crippen LogP contribution in [0.3, 0.4) is 0 Å². The van der Waals surface area contributed by atoms with E-state index in [0.717, 1.165) is 16.8 Å². The SMILES string of the molecule is Cc1ccc(C)c(NC(=O)CNC(=O)COc2ccc(Cl)cc2)c1. The second-order valence-electron chi connectivity index (χ2n) is 5.39. The highest BCUT2D eigenvalue weighted by molar-refractivity contribution is 6.30. The molecule has 0 heterocycles. The molecule has 5 nitrogen and oxygen atoms in total. The Hall–Kier alpha value is -2.53. The van der Waals surface area contributed by atoms with Gasteiger partial charge in [-0.15, -0.1) is 0 Å². The summed E-state index contributed by atoms with van der Waals surface area (Å²) in [5.41, 5.74) is 2.76. The number of ether oxygens (including phenoxy) is 1. The lowest BCUT2D eigenvalue weighted by molar-refractivity contribution is -0.125. The van der Waals surface area contributed by atoms with Crippen LogP contribution in [-0.2, 0) is 9.59 Å². The average molecular weight is 347 g/mol. The molecule has 24 heavy (non-hydrogen) atoms. The van der Waals surface area contributed by atoms with Gasteiger partial charge in [-0.1, -0.05) is 23.7 Å². The van der Waals surface area contributed by atoms with Gasteiger partial charge >= 0.3 is 0 Å². The summed E-state index contributed by atoms with van der Waals surface area (Å²) in [7, 11) is 0. The maximum atomic E-state index is 11.9. The summed E-state index contributed by atoms with van der Waals surface area (Å²) >= 11 is 5.77. The molecule has 0 aliphatic carbocycles. The van der Waals surface area contributed by atoms with Crippen LogP contribution in [0.5, 0.6) is 5.75 Å². The fourth-order valence-electron chi connectivity index (χ4n) is 1.97. The molecule has 0 spiro atoms. The number of benzene rings is 2. The number of carbonyl (C=O) groups excluding carboxylic acids is 2. The Labute approximate surface area is 146 Å². The predicted octanol–water partition coefficient (Wildman–Crippen LogP) is 3.09. The minimum atomic E-state index is -0.374. The molecule has 2 N–H and O–H groups in total. The third-order valence-corrected chi connectivity index (χ3v) is 3.55. The van der Waals surface area contributed by atoms with Crippen LogP contribution in [0, 0.1) is 13.8 Å². The van der Waals surface area contributed by atoms with Gasteiger partial charge in [-0.3, -0.25) is 9.59 Å². The number of carbonyl (C=O) groups is 2. The minimum Gasteiger partial charge on any atom is -0.484 e. The molecule has 0 aromatic heterocycles. The summed E-state index contributed by atoms with van der Waals surface area (Å²) in [4.78, 5) is 23.6. The van der Waals surface area contributed by atoms with Gasteiger partial charge in [-0.05, 0) is 55.3 Å². The highest BCUT2D eigenvalue weighted by atomic mass is 35.5. The summed E-state index contributed by atoms with van der Waals surface area (Å²) < 4.78 is 5.31. The van der Waals surface area contributed by atoms with Gasteiger partial charge in [0.25, 0.3) is 5.91 Å². The van der Waals surface area contributed by atoms with Crippen molar-refractivity contribution in [3.8, 4) is 5.75 Å². The summed E-state index contributed by atoms with van der Waals surface area (Å²) in [6.45, 7) is 3.58. The Balaban J connectivity index is 1.75. The Morgan fingerprint density at radius 3 is 2.46 bits per heavy atom. The van der Waals surface area contributed by atoms with Gasteiger partial charge in [0.1, 0.15) is 5.75 Å². The molecule has 2 aromatic rings. The highest BCUT2D eigenvalue weighted by Gasteiger charge is 2.08. The van der Waals surface area contributed by atoms with E-state index in [1.165, 1.54) is 0 Å². The fourth-order valence-corrected chi connectivity index (χ4v) is 2.10. The molecule has 0 atom stereocenters. The third-order valence-electron chi connectivity index (χ3n) is 3.30. The van der Waals surface area contributed by atoms with Crippen LogP contribution < -0.4 is 15.4 Å². The third kappa shape index (κ3) is 5.59. The first-order valence-corrected chi connectivity index (χ1v) is 7.84. The van der Waals surface area contributed by atoms with Gasteiger partial charge in [0.2, 0.25) is 5.91 Å². The van der Waals surface area contributed by atoms with Crippen molar-refractivity contribution in [1.82, 2.24) is 5.32 Å². The van der Waals surface area contributed by atoms with Gasteiger partial charge in [-0.2, -0.15) is 0 Å². The van der Waals surface area contributed by atoms with Crippen LogP contribution in [0.4, 0.5) is 5.69 Å². The molecule has 0 saturated heterocycles. The monoisotopic (exact) mass is 346 g/mol. The van der Waals surface area contributed by atoms with Gasteiger partial charge in [0, 0.05) is 10.7 Å². The van der Waals surface area contributed by atoms with Crippen LogP contribution in [0.25, 0.3) is 0 Å². The lowest BCUT2D eigenvalue weighted by Gasteiger charge is -2.10. The molecule has 0 unspecified atom stereocenters. The van der Waals surface area contributed by atoms with E-state index in [2.05, 4.69) is 10.6 Å². The normalized spacial score (nSPS) is 10.1. The summed E-state index contributed by atoms with van der Waals surface area (Å²) in [5.74, 6) is -0.126. The lowest BCUT2D eigenvalue weighted by atomic mass is 10.1. The van der Waals surface area contributed by atoms with E-state index in [1.807, 2.05) is 32.0 Å². The molecule has 2 rings (SSSR count). The summed E-state index contributed by atoms with van der Waals surface area (Å²) in [5, 5.41) is 5.89. The standard InChI is InChI=1S/C18H19ClN2O3/c1-12-3-4-13(2)16(9-12)21-17(22)10-20-18(23)11-24-15-7-5-14(19)6-8-15/h3-9H,10-11H2,1-2H3,(H,20,23)(H,21,22). The number of nitrogens with one attached hydrogen (secondary N) is 2. The molecule has 6 heteroatoms. The second kappa shape index (κ2) is 8.36. The van der Waals surface area contributed by atoms with E-state index in [1.54, 1.807) is 24.3 Å². The van der Waals surface area contributed by atoms with Gasteiger partial charge < -0.3 is 15.4 Å². The minimum absolute atomic E-state index is 0.115. The van der Waals surface area contributed by atoms with E-state index in [9.17, 15) is 9.59 Å². The molecular formula is C18H19ClN2O3. The smallest absolute Gasteiger partial charge is 0.258 e. The zero-order valence-electron chi connectivity index (χ0n) is 13.6. The van der Waals surface area contributed by atoms with Gasteiger partial charge in [-0.25, -0.2) is 0 Å². The van der Waals surface area contributed by atoms with Crippen molar-refractivity contribution in [1.29, 1.82) is 0 Å². The second-order valence-corrected chi connectivity index (χ2v) is 5.82. The molecule has 0 saturated carbocycles. The van der Waals surface area contributed by atoms with Crippen molar-refractivity contribution in [2.45, 2.75) is 13.8 Å². The van der Waals surface area contributed by atoms with E-state index < -0.39 is 0 Å². The number of hydrogen-bond acceptors (Lipinski definition) is 3. The lowest BCUT2D eigenvalue weighted by Crippen LogP contribution is -2.35. The molecule has 2 aromatic carbocycles. The maximum Gasteiger partial charge on any atom is 0.258 e. The van der Waals surface area contributed by atoms with Crippen LogP contribution in [0.15, 0.2) is 42.5 Å². The van der Waals surface area contributed by atoms with E-state index in [0.29, 0.717) is 10.8 Å². The number of amides is 2. The Morgan fingerprint density at radius 1 is 1.04 bits per heavy atom. The maximum absolute atomic E-state index is 11.9. The van der Waals surface area contributed by atoms with Crippen molar-refractivity contribution < 1.29 is 14.3 Å². The van der Waals surface area contributed by atoms with Crippen molar-refractivity contribution in [3.63, 3.8) is 0 Å². The number of aryl methyl sites for hydroxylation is 2. The summed E-state index contributed by atoms with van der Waals surface area (Å²) in [6, 6.07) is 12.5. The predicted molar refractivity (Wildman–Crippen MR) is 94.5 cm³/mol. The van der Waals surface area contributed by atoms with Gasteiger partial charge in [0.05, 0.1) is 6.54 Å². The van der Waals surface area contributed by atoms with E-state index in [4.69, 9.17) is 16.3 Å². The van der Waals surface area contributed by atoms with Crippen molar-refractivity contribution >= 4 is 29.1 Å².